The molecule has 0 spiro atoms. The normalized spacial score (nSPS) is 22.4. The number of hydrogen-bond acceptors (Lipinski definition) is 19. The van der Waals surface area contributed by atoms with Gasteiger partial charge in [-0.3, -0.25) is 15.3 Å². The highest BCUT2D eigenvalue weighted by Crippen LogP contribution is 2.17. The third-order valence-corrected chi connectivity index (χ3v) is 4.33. The zero-order valence-electron chi connectivity index (χ0n) is 19.5. The number of hydrogen-bond donors (Lipinski definition) is 5. The first-order chi connectivity index (χ1) is 17.6. The number of amides is 1. The van der Waals surface area contributed by atoms with Crippen LogP contribution in [0.1, 0.15) is 38.5 Å². The van der Waals surface area contributed by atoms with Gasteiger partial charge in [0.15, 0.2) is 0 Å². The van der Waals surface area contributed by atoms with Gasteiger partial charge in [0.25, 0.3) is 5.72 Å². The number of rotatable bonds is 8. The standard InChI is InChI=1S/C18H25N5O15/c19-7(1-3-12(26)34-36-16(30)9(21)5-10(22)24)14(28)32-18(23)6-13(27)35-33-11(25)4-2-8(20)15(29)37-38-17(18)31/h7-9H,1-6,19-21,23H2,(H2,22,24)/t7-,8-,9?,18?/m1/s1. The molecule has 1 aliphatic heterocycles. The summed E-state index contributed by atoms with van der Waals surface area (Å²) in [5.74, 6) is -10.6. The van der Waals surface area contributed by atoms with Gasteiger partial charge in [-0.05, 0) is 12.8 Å². The summed E-state index contributed by atoms with van der Waals surface area (Å²) >= 11 is 0. The van der Waals surface area contributed by atoms with Crippen LogP contribution in [0.4, 0.5) is 0 Å². The van der Waals surface area contributed by atoms with Crippen LogP contribution in [-0.4, -0.2) is 71.5 Å². The Hall–Kier alpha value is -4.40. The summed E-state index contributed by atoms with van der Waals surface area (Å²) in [7, 11) is 0. The topological polar surface area (TPSA) is 331 Å². The van der Waals surface area contributed by atoms with Crippen LogP contribution in [0, 0.1) is 0 Å². The van der Waals surface area contributed by atoms with E-state index in [1.54, 1.807) is 0 Å². The molecule has 1 fully saturated rings. The van der Waals surface area contributed by atoms with Gasteiger partial charge in [0, 0.05) is 0 Å². The minimum absolute atomic E-state index is 0.341. The first kappa shape index (κ1) is 31.6. The van der Waals surface area contributed by atoms with Gasteiger partial charge in [-0.1, -0.05) is 0 Å². The van der Waals surface area contributed by atoms with Gasteiger partial charge in [0.1, 0.15) is 24.5 Å². The summed E-state index contributed by atoms with van der Waals surface area (Å²) in [6.07, 6.45) is -3.93. The van der Waals surface area contributed by atoms with Crippen LogP contribution in [0.2, 0.25) is 0 Å². The molecule has 20 nitrogen and oxygen atoms in total. The van der Waals surface area contributed by atoms with Crippen LogP contribution in [0.5, 0.6) is 0 Å². The Morgan fingerprint density at radius 1 is 0.921 bits per heavy atom. The van der Waals surface area contributed by atoms with Crippen LogP contribution in [0.25, 0.3) is 0 Å². The third-order valence-electron chi connectivity index (χ3n) is 4.33. The van der Waals surface area contributed by atoms with Crippen molar-refractivity contribution in [2.24, 2.45) is 28.7 Å². The second-order valence-corrected chi connectivity index (χ2v) is 7.60. The molecule has 0 aromatic rings. The monoisotopic (exact) mass is 551 g/mol. The van der Waals surface area contributed by atoms with Crippen LogP contribution in [0.3, 0.4) is 0 Å². The Kier molecular flexibility index (Phi) is 12.0. The van der Waals surface area contributed by atoms with Crippen molar-refractivity contribution in [3.8, 4) is 0 Å². The van der Waals surface area contributed by atoms with E-state index in [-0.39, 0.29) is 6.42 Å². The van der Waals surface area contributed by atoms with E-state index in [1.807, 2.05) is 0 Å². The van der Waals surface area contributed by atoms with Gasteiger partial charge >= 0.3 is 41.8 Å². The molecule has 10 N–H and O–H groups in total. The fraction of sp³-hybridized carbons (Fsp3) is 0.556. The average molecular weight is 551 g/mol. The lowest BCUT2D eigenvalue weighted by Crippen LogP contribution is -2.56. The zero-order valence-corrected chi connectivity index (χ0v) is 19.5. The smallest absolute Gasteiger partial charge is 0.414 e. The Balaban J connectivity index is 2.76. The second-order valence-electron chi connectivity index (χ2n) is 7.60. The van der Waals surface area contributed by atoms with Crippen molar-refractivity contribution in [2.45, 2.75) is 62.4 Å². The Labute approximate surface area is 212 Å². The molecular formula is C18H25N5O15. The molecule has 0 aromatic heterocycles. The van der Waals surface area contributed by atoms with Gasteiger partial charge in [-0.15, -0.1) is 0 Å². The number of esters is 1. The van der Waals surface area contributed by atoms with Gasteiger partial charge < -0.3 is 27.7 Å². The van der Waals surface area contributed by atoms with Crippen LogP contribution < -0.4 is 28.7 Å². The van der Waals surface area contributed by atoms with Crippen molar-refractivity contribution >= 4 is 47.7 Å². The van der Waals surface area contributed by atoms with Crippen molar-refractivity contribution in [1.82, 2.24) is 0 Å². The molecule has 0 radical (unpaired) electrons. The molecule has 0 saturated carbocycles. The van der Waals surface area contributed by atoms with Gasteiger partial charge in [0.05, 0.1) is 19.3 Å². The van der Waals surface area contributed by atoms with Crippen LogP contribution >= 0.6 is 0 Å². The summed E-state index contributed by atoms with van der Waals surface area (Å²) in [4.78, 5) is 119. The maximum absolute atomic E-state index is 12.3. The molecule has 0 bridgehead atoms. The molecule has 1 amide bonds. The lowest BCUT2D eigenvalue weighted by Gasteiger charge is -2.26. The fourth-order valence-electron chi connectivity index (χ4n) is 2.27. The van der Waals surface area contributed by atoms with E-state index in [2.05, 4.69) is 29.3 Å². The quantitative estimate of drug-likeness (QED) is 0.0815. The summed E-state index contributed by atoms with van der Waals surface area (Å²) < 4.78 is 4.72. The Morgan fingerprint density at radius 2 is 1.55 bits per heavy atom. The lowest BCUT2D eigenvalue weighted by molar-refractivity contribution is -0.276. The minimum Gasteiger partial charge on any atom is -0.430 e. The number of ether oxygens (including phenoxy) is 1. The molecule has 1 heterocycles. The van der Waals surface area contributed by atoms with Crippen molar-refractivity contribution in [3.05, 3.63) is 0 Å². The molecule has 0 aliphatic carbocycles. The Bertz CT molecular complexity index is 972. The molecule has 2 unspecified atom stereocenters. The molecule has 38 heavy (non-hydrogen) atoms. The molecule has 1 saturated heterocycles. The largest absolute Gasteiger partial charge is 0.430 e. The van der Waals surface area contributed by atoms with E-state index < -0.39 is 104 Å². The minimum atomic E-state index is -3.02. The zero-order chi connectivity index (χ0) is 29.0. The van der Waals surface area contributed by atoms with E-state index in [0.29, 0.717) is 0 Å². The summed E-state index contributed by atoms with van der Waals surface area (Å²) in [5, 5.41) is 0. The first-order valence-electron chi connectivity index (χ1n) is 10.5. The van der Waals surface area contributed by atoms with E-state index in [4.69, 9.17) is 33.4 Å². The van der Waals surface area contributed by atoms with Crippen molar-refractivity contribution in [2.75, 3.05) is 0 Å². The number of nitrogens with two attached hydrogens (primary N) is 5. The van der Waals surface area contributed by atoms with Gasteiger partial charge in [-0.2, -0.15) is 0 Å². The van der Waals surface area contributed by atoms with E-state index in [1.165, 1.54) is 0 Å². The summed E-state index contributed by atoms with van der Waals surface area (Å²) in [6, 6.07) is -4.66. The maximum Gasteiger partial charge on any atom is 0.414 e. The SMILES string of the molecule is NC(=O)CC(N)C(=O)OOC(=O)CC[C@@H](N)C(=O)OC1(N)CC(=O)OOC(=O)CC[C@@H](N)C(=O)OOC1=O. The number of carbonyl (C=O) groups is 8. The molecule has 212 valence electrons. The molecular weight excluding hydrogens is 526 g/mol. The van der Waals surface area contributed by atoms with Gasteiger partial charge in [0.2, 0.25) is 5.91 Å². The van der Waals surface area contributed by atoms with E-state index >= 15 is 0 Å². The third kappa shape index (κ3) is 10.7. The van der Waals surface area contributed by atoms with E-state index in [0.717, 1.165) is 0 Å². The van der Waals surface area contributed by atoms with Crippen molar-refractivity contribution in [1.29, 1.82) is 0 Å². The highest BCUT2D eigenvalue weighted by molar-refractivity contribution is 5.89. The van der Waals surface area contributed by atoms with E-state index in [9.17, 15) is 38.4 Å². The molecule has 0 aromatic carbocycles. The van der Waals surface area contributed by atoms with Gasteiger partial charge in [-0.25, -0.2) is 58.1 Å². The van der Waals surface area contributed by atoms with Crippen LogP contribution in [-0.2, 0) is 72.4 Å². The summed E-state index contributed by atoms with van der Waals surface area (Å²) in [5.41, 5.74) is 23.8. The van der Waals surface area contributed by atoms with Crippen molar-refractivity contribution < 1.29 is 72.4 Å². The number of carbonyl (C=O) groups excluding carboxylic acids is 8. The second kappa shape index (κ2) is 14.4. The molecule has 1 aliphatic rings. The molecule has 4 atom stereocenters. The molecule has 1 rings (SSSR count). The number of primary amides is 1. The lowest BCUT2D eigenvalue weighted by atomic mass is 10.1. The predicted molar refractivity (Wildman–Crippen MR) is 110 cm³/mol. The highest BCUT2D eigenvalue weighted by Gasteiger charge is 2.46. The first-order valence-corrected chi connectivity index (χ1v) is 10.5. The average Bonchev–Trinajstić information content (AvgIpc) is 2.84. The fourth-order valence-corrected chi connectivity index (χ4v) is 2.27. The van der Waals surface area contributed by atoms with Crippen LogP contribution in [0.15, 0.2) is 0 Å². The molecule has 20 heteroatoms. The maximum atomic E-state index is 12.3. The van der Waals surface area contributed by atoms with Crippen molar-refractivity contribution in [3.63, 3.8) is 0 Å². The Morgan fingerprint density at radius 3 is 2.18 bits per heavy atom. The predicted octanol–water partition coefficient (Wildman–Crippen LogP) is -4.99. The summed E-state index contributed by atoms with van der Waals surface area (Å²) in [6.45, 7) is 0. The highest BCUT2D eigenvalue weighted by atomic mass is 17.2.